The summed E-state index contributed by atoms with van der Waals surface area (Å²) in [7, 11) is 1.62. The number of aryl methyl sites for hydroxylation is 1. The molecule has 0 aliphatic heterocycles. The van der Waals surface area contributed by atoms with Crippen LogP contribution < -0.4 is 4.74 Å². The van der Waals surface area contributed by atoms with Crippen LogP contribution in [-0.4, -0.2) is 19.7 Å². The molecule has 3 heteroatoms. The van der Waals surface area contributed by atoms with E-state index in [0.717, 1.165) is 24.2 Å². The molecule has 0 amide bonds. The molecule has 0 bridgehead atoms. The van der Waals surface area contributed by atoms with Crippen molar-refractivity contribution in [2.24, 2.45) is 0 Å². The predicted octanol–water partition coefficient (Wildman–Crippen LogP) is 2.59. The van der Waals surface area contributed by atoms with E-state index in [1.165, 1.54) is 5.56 Å². The monoisotopic (exact) mass is 232 g/mol. The summed E-state index contributed by atoms with van der Waals surface area (Å²) in [5.74, 6) is 0.516. The zero-order valence-electron chi connectivity index (χ0n) is 10.2. The van der Waals surface area contributed by atoms with E-state index in [9.17, 15) is 4.79 Å². The van der Waals surface area contributed by atoms with Crippen LogP contribution in [0.5, 0.6) is 5.75 Å². The van der Waals surface area contributed by atoms with Gasteiger partial charge < -0.3 is 9.47 Å². The first kappa shape index (κ1) is 11.7. The molecule has 1 aromatic rings. The maximum Gasteiger partial charge on any atom is 0.338 e. The van der Waals surface area contributed by atoms with E-state index in [1.54, 1.807) is 7.11 Å². The van der Waals surface area contributed by atoms with E-state index in [2.05, 4.69) is 0 Å². The molecule has 0 spiro atoms. The topological polar surface area (TPSA) is 35.5 Å². The average Bonchev–Trinajstić information content (AvgIpc) is 2.37. The zero-order valence-corrected chi connectivity index (χ0v) is 10.2. The van der Waals surface area contributed by atoms with E-state index < -0.39 is 0 Å². The number of fused-ring (bicyclic) bond motifs is 1. The zero-order chi connectivity index (χ0) is 12.3. The number of carbonyl (C=O) groups is 1. The van der Waals surface area contributed by atoms with Crippen molar-refractivity contribution < 1.29 is 14.3 Å². The van der Waals surface area contributed by atoms with E-state index in [1.807, 2.05) is 31.2 Å². The van der Waals surface area contributed by atoms with Gasteiger partial charge in [-0.1, -0.05) is 12.1 Å². The molecule has 0 saturated carbocycles. The molecule has 0 N–H and O–H groups in total. The summed E-state index contributed by atoms with van der Waals surface area (Å²) < 4.78 is 10.3. The largest absolute Gasteiger partial charge is 0.497 e. The quantitative estimate of drug-likeness (QED) is 0.751. The van der Waals surface area contributed by atoms with Gasteiger partial charge in [0.1, 0.15) is 5.75 Å². The third-order valence-corrected chi connectivity index (χ3v) is 2.86. The molecule has 0 atom stereocenters. The summed E-state index contributed by atoms with van der Waals surface area (Å²) in [5.41, 5.74) is 2.78. The third-order valence-electron chi connectivity index (χ3n) is 2.86. The molecule has 0 fully saturated rings. The lowest BCUT2D eigenvalue weighted by Gasteiger charge is -2.17. The molecule has 0 aromatic heterocycles. The van der Waals surface area contributed by atoms with Crippen molar-refractivity contribution in [1.29, 1.82) is 0 Å². The van der Waals surface area contributed by atoms with Crippen molar-refractivity contribution in [1.82, 2.24) is 0 Å². The van der Waals surface area contributed by atoms with Gasteiger partial charge in [-0.05, 0) is 43.0 Å². The fraction of sp³-hybridized carbons (Fsp3) is 0.357. The van der Waals surface area contributed by atoms with Gasteiger partial charge in [0.25, 0.3) is 0 Å². The first-order valence-corrected chi connectivity index (χ1v) is 5.80. The summed E-state index contributed by atoms with van der Waals surface area (Å²) >= 11 is 0. The molecular weight excluding hydrogens is 216 g/mol. The minimum atomic E-state index is -0.248. The Balaban J connectivity index is 2.38. The lowest BCUT2D eigenvalue weighted by molar-refractivity contribution is -0.136. The Hall–Kier alpha value is -1.77. The highest BCUT2D eigenvalue weighted by Crippen LogP contribution is 2.30. The summed E-state index contributed by atoms with van der Waals surface area (Å²) in [4.78, 5) is 11.8. The number of hydrogen-bond donors (Lipinski definition) is 0. The van der Waals surface area contributed by atoms with Crippen LogP contribution in [0.1, 0.15) is 24.5 Å². The molecule has 1 aliphatic rings. The highest BCUT2D eigenvalue weighted by Gasteiger charge is 2.20. The molecular formula is C14H16O3. The Morgan fingerprint density at radius 3 is 2.94 bits per heavy atom. The van der Waals surface area contributed by atoms with Crippen LogP contribution in [0.15, 0.2) is 24.3 Å². The maximum absolute atomic E-state index is 11.8. The first-order chi connectivity index (χ1) is 8.26. The predicted molar refractivity (Wildman–Crippen MR) is 65.9 cm³/mol. The molecule has 0 unspecified atom stereocenters. The lowest BCUT2D eigenvalue weighted by atomic mass is 9.90. The number of esters is 1. The Morgan fingerprint density at radius 2 is 2.24 bits per heavy atom. The second-order valence-electron chi connectivity index (χ2n) is 3.90. The van der Waals surface area contributed by atoms with Gasteiger partial charge in [0, 0.05) is 0 Å². The van der Waals surface area contributed by atoms with Gasteiger partial charge >= 0.3 is 5.97 Å². The smallest absolute Gasteiger partial charge is 0.338 e. The van der Waals surface area contributed by atoms with E-state index in [0.29, 0.717) is 12.2 Å². The van der Waals surface area contributed by atoms with E-state index >= 15 is 0 Å². The summed E-state index contributed by atoms with van der Waals surface area (Å²) in [5, 5.41) is 0. The third kappa shape index (κ3) is 2.33. The second kappa shape index (κ2) is 5.04. The Labute approximate surface area is 101 Å². The van der Waals surface area contributed by atoms with E-state index in [-0.39, 0.29) is 5.97 Å². The Bertz CT molecular complexity index is 461. The van der Waals surface area contributed by atoms with Crippen LogP contribution in [0, 0.1) is 0 Å². The van der Waals surface area contributed by atoms with Gasteiger partial charge in [0.2, 0.25) is 0 Å². The van der Waals surface area contributed by atoms with Crippen molar-refractivity contribution in [3.63, 3.8) is 0 Å². The van der Waals surface area contributed by atoms with Crippen molar-refractivity contribution >= 4 is 11.5 Å². The van der Waals surface area contributed by atoms with Crippen molar-refractivity contribution in [2.45, 2.75) is 19.8 Å². The number of benzene rings is 1. The van der Waals surface area contributed by atoms with Crippen LogP contribution in [0.25, 0.3) is 5.57 Å². The molecule has 17 heavy (non-hydrogen) atoms. The maximum atomic E-state index is 11.8. The van der Waals surface area contributed by atoms with Crippen LogP contribution in [0.3, 0.4) is 0 Å². The SMILES string of the molecule is CCOC(=O)C1=CCCc2ccc(OC)cc21. The molecule has 90 valence electrons. The fourth-order valence-corrected chi connectivity index (χ4v) is 2.04. The van der Waals surface area contributed by atoms with Crippen LogP contribution >= 0.6 is 0 Å². The Kier molecular flexibility index (Phi) is 3.47. The number of ether oxygens (including phenoxy) is 2. The van der Waals surface area contributed by atoms with Crippen molar-refractivity contribution in [3.8, 4) is 5.75 Å². The summed E-state index contributed by atoms with van der Waals surface area (Å²) in [6.45, 7) is 2.21. The normalized spacial score (nSPS) is 13.6. The van der Waals surface area contributed by atoms with Gasteiger partial charge in [-0.2, -0.15) is 0 Å². The van der Waals surface area contributed by atoms with Crippen molar-refractivity contribution in [2.75, 3.05) is 13.7 Å². The number of hydrogen-bond acceptors (Lipinski definition) is 3. The minimum Gasteiger partial charge on any atom is -0.497 e. The van der Waals surface area contributed by atoms with Gasteiger partial charge in [-0.25, -0.2) is 4.79 Å². The standard InChI is InChI=1S/C14H16O3/c1-3-17-14(15)12-6-4-5-10-7-8-11(16-2)9-13(10)12/h6-9H,3-5H2,1-2H3. The van der Waals surface area contributed by atoms with Gasteiger partial charge in [0.15, 0.2) is 0 Å². The molecule has 3 nitrogen and oxygen atoms in total. The van der Waals surface area contributed by atoms with Crippen LogP contribution in [0.2, 0.25) is 0 Å². The highest BCUT2D eigenvalue weighted by molar-refractivity contribution is 6.17. The van der Waals surface area contributed by atoms with Crippen LogP contribution in [-0.2, 0) is 16.0 Å². The highest BCUT2D eigenvalue weighted by atomic mass is 16.5. The lowest BCUT2D eigenvalue weighted by Crippen LogP contribution is -2.11. The second-order valence-corrected chi connectivity index (χ2v) is 3.90. The fourth-order valence-electron chi connectivity index (χ4n) is 2.04. The van der Waals surface area contributed by atoms with Crippen molar-refractivity contribution in [3.05, 3.63) is 35.4 Å². The molecule has 0 radical (unpaired) electrons. The Morgan fingerprint density at radius 1 is 1.41 bits per heavy atom. The minimum absolute atomic E-state index is 0.248. The van der Waals surface area contributed by atoms with Gasteiger partial charge in [-0.15, -0.1) is 0 Å². The summed E-state index contributed by atoms with van der Waals surface area (Å²) in [6.07, 6.45) is 3.79. The number of methoxy groups -OCH3 is 1. The number of carbonyl (C=O) groups excluding carboxylic acids is 1. The van der Waals surface area contributed by atoms with Gasteiger partial charge in [-0.3, -0.25) is 0 Å². The van der Waals surface area contributed by atoms with Crippen LogP contribution in [0.4, 0.5) is 0 Å². The van der Waals surface area contributed by atoms with Gasteiger partial charge in [0.05, 0.1) is 19.3 Å². The number of allylic oxidation sites excluding steroid dienone is 1. The molecule has 1 aromatic carbocycles. The molecule has 0 heterocycles. The first-order valence-electron chi connectivity index (χ1n) is 5.80. The molecule has 2 rings (SSSR count). The summed E-state index contributed by atoms with van der Waals surface area (Å²) in [6, 6.07) is 5.84. The molecule has 1 aliphatic carbocycles. The molecule has 0 saturated heterocycles. The average molecular weight is 232 g/mol. The number of rotatable bonds is 3. The van der Waals surface area contributed by atoms with E-state index in [4.69, 9.17) is 9.47 Å².